The smallest absolute Gasteiger partial charge is 0.136 e. The van der Waals surface area contributed by atoms with Crippen LogP contribution < -0.4 is 0 Å². The standard InChI is InChI=1S/C8H10O/c9-7-3-6-4-1-2-5(7)8(4)6/h4-6,8H,1-3H2/t4-,5?,6-,8?/m0/s1. The number of fused-ring (bicyclic) bond motifs is 1. The van der Waals surface area contributed by atoms with E-state index in [1.165, 1.54) is 12.8 Å². The fourth-order valence-electron chi connectivity index (χ4n) is 3.09. The van der Waals surface area contributed by atoms with Crippen molar-refractivity contribution < 1.29 is 4.79 Å². The fraction of sp³-hybridized carbons (Fsp3) is 0.875. The summed E-state index contributed by atoms with van der Waals surface area (Å²) in [6.07, 6.45) is 3.54. The van der Waals surface area contributed by atoms with E-state index in [2.05, 4.69) is 0 Å². The van der Waals surface area contributed by atoms with Crippen molar-refractivity contribution in [2.75, 3.05) is 0 Å². The highest BCUT2D eigenvalue weighted by Crippen LogP contribution is 2.66. The van der Waals surface area contributed by atoms with Crippen LogP contribution in [-0.4, -0.2) is 5.78 Å². The molecule has 1 nitrogen and oxygen atoms in total. The van der Waals surface area contributed by atoms with Gasteiger partial charge in [-0.1, -0.05) is 0 Å². The fourth-order valence-corrected chi connectivity index (χ4v) is 3.09. The van der Waals surface area contributed by atoms with Crippen molar-refractivity contribution in [1.82, 2.24) is 0 Å². The molecule has 0 radical (unpaired) electrons. The molecule has 0 spiro atoms. The molecule has 3 fully saturated rings. The second-order valence-electron chi connectivity index (χ2n) is 3.76. The molecule has 9 heavy (non-hydrogen) atoms. The summed E-state index contributed by atoms with van der Waals surface area (Å²) in [5.74, 6) is 3.89. The van der Waals surface area contributed by atoms with E-state index in [1.807, 2.05) is 0 Å². The summed E-state index contributed by atoms with van der Waals surface area (Å²) in [7, 11) is 0. The molecule has 0 amide bonds. The summed E-state index contributed by atoms with van der Waals surface area (Å²) in [5, 5.41) is 0. The van der Waals surface area contributed by atoms with Gasteiger partial charge in [0.15, 0.2) is 0 Å². The topological polar surface area (TPSA) is 17.1 Å². The first kappa shape index (κ1) is 4.48. The van der Waals surface area contributed by atoms with Crippen LogP contribution in [0.4, 0.5) is 0 Å². The predicted molar refractivity (Wildman–Crippen MR) is 32.8 cm³/mol. The Morgan fingerprint density at radius 3 is 2.78 bits per heavy atom. The van der Waals surface area contributed by atoms with E-state index in [0.717, 1.165) is 24.2 Å². The molecule has 3 aliphatic rings. The molecule has 0 heterocycles. The van der Waals surface area contributed by atoms with Crippen molar-refractivity contribution in [3.8, 4) is 0 Å². The maximum absolute atomic E-state index is 11.1. The predicted octanol–water partition coefficient (Wildman–Crippen LogP) is 1.23. The molecule has 48 valence electrons. The lowest BCUT2D eigenvalue weighted by atomic mass is 10.0. The minimum atomic E-state index is 0.542. The minimum absolute atomic E-state index is 0.542. The van der Waals surface area contributed by atoms with E-state index in [9.17, 15) is 4.79 Å². The number of hydrogen-bond acceptors (Lipinski definition) is 1. The highest BCUT2D eigenvalue weighted by atomic mass is 16.1. The Labute approximate surface area is 54.4 Å². The lowest BCUT2D eigenvalue weighted by Gasteiger charge is -1.98. The van der Waals surface area contributed by atoms with Crippen LogP contribution in [-0.2, 0) is 4.79 Å². The summed E-state index contributed by atoms with van der Waals surface area (Å²) < 4.78 is 0. The number of Topliss-reactive ketones (excluding diaryl/α,β-unsaturated/α-hetero) is 1. The third-order valence-corrected chi connectivity index (χ3v) is 3.52. The molecule has 3 saturated carbocycles. The van der Waals surface area contributed by atoms with E-state index in [1.54, 1.807) is 0 Å². The summed E-state index contributed by atoms with van der Waals surface area (Å²) in [4.78, 5) is 11.1. The lowest BCUT2D eigenvalue weighted by molar-refractivity contribution is -0.121. The Hall–Kier alpha value is -0.330. The van der Waals surface area contributed by atoms with Crippen LogP contribution in [0.1, 0.15) is 19.3 Å². The average molecular weight is 122 g/mol. The van der Waals surface area contributed by atoms with Crippen LogP contribution in [0, 0.1) is 23.7 Å². The van der Waals surface area contributed by atoms with Gasteiger partial charge in [0.25, 0.3) is 0 Å². The molecule has 0 N–H and O–H groups in total. The summed E-state index contributed by atoms with van der Waals surface area (Å²) >= 11 is 0. The van der Waals surface area contributed by atoms with E-state index < -0.39 is 0 Å². The first-order valence-corrected chi connectivity index (χ1v) is 3.90. The minimum Gasteiger partial charge on any atom is -0.299 e. The molecular formula is C8H10O. The lowest BCUT2D eigenvalue weighted by Crippen LogP contribution is -2.06. The normalized spacial score (nSPS) is 60.2. The van der Waals surface area contributed by atoms with Crippen molar-refractivity contribution in [3.63, 3.8) is 0 Å². The largest absolute Gasteiger partial charge is 0.299 e. The number of carbonyl (C=O) groups excluding carboxylic acids is 1. The van der Waals surface area contributed by atoms with E-state index in [-0.39, 0.29) is 0 Å². The zero-order chi connectivity index (χ0) is 6.01. The van der Waals surface area contributed by atoms with Gasteiger partial charge in [0.05, 0.1) is 0 Å². The van der Waals surface area contributed by atoms with Crippen LogP contribution in [0.2, 0.25) is 0 Å². The molecule has 0 saturated heterocycles. The molecule has 0 bridgehead atoms. The molecule has 1 heteroatoms. The van der Waals surface area contributed by atoms with E-state index in [4.69, 9.17) is 0 Å². The molecule has 0 aliphatic heterocycles. The second kappa shape index (κ2) is 1.09. The van der Waals surface area contributed by atoms with Gasteiger partial charge >= 0.3 is 0 Å². The molecule has 0 aromatic rings. The molecule has 4 atom stereocenters. The van der Waals surface area contributed by atoms with Crippen molar-refractivity contribution in [2.24, 2.45) is 23.7 Å². The van der Waals surface area contributed by atoms with Gasteiger partial charge in [-0.25, -0.2) is 0 Å². The van der Waals surface area contributed by atoms with Gasteiger partial charge in [0.2, 0.25) is 0 Å². The maximum Gasteiger partial charge on any atom is 0.136 e. The second-order valence-corrected chi connectivity index (χ2v) is 3.76. The number of ketones is 1. The van der Waals surface area contributed by atoms with Gasteiger partial charge in [-0.05, 0) is 30.6 Å². The molecule has 2 unspecified atom stereocenters. The zero-order valence-corrected chi connectivity index (χ0v) is 5.34. The van der Waals surface area contributed by atoms with Crippen molar-refractivity contribution in [1.29, 1.82) is 0 Å². The van der Waals surface area contributed by atoms with Crippen LogP contribution in [0.15, 0.2) is 0 Å². The first-order chi connectivity index (χ1) is 4.38. The third-order valence-electron chi connectivity index (χ3n) is 3.52. The van der Waals surface area contributed by atoms with Crippen LogP contribution >= 0.6 is 0 Å². The number of hydrogen-bond donors (Lipinski definition) is 0. The van der Waals surface area contributed by atoms with E-state index in [0.29, 0.717) is 11.7 Å². The van der Waals surface area contributed by atoms with Crippen LogP contribution in [0.3, 0.4) is 0 Å². The Morgan fingerprint density at radius 1 is 1.22 bits per heavy atom. The van der Waals surface area contributed by atoms with Crippen molar-refractivity contribution >= 4 is 5.78 Å². The van der Waals surface area contributed by atoms with Crippen LogP contribution in [0.25, 0.3) is 0 Å². The zero-order valence-electron chi connectivity index (χ0n) is 5.34. The highest BCUT2D eigenvalue weighted by molar-refractivity contribution is 5.86. The van der Waals surface area contributed by atoms with Gasteiger partial charge in [0, 0.05) is 12.3 Å². The van der Waals surface area contributed by atoms with Crippen molar-refractivity contribution in [3.05, 3.63) is 0 Å². The molecule has 0 aromatic carbocycles. The molecule has 3 rings (SSSR count). The Morgan fingerprint density at radius 2 is 2.11 bits per heavy atom. The van der Waals surface area contributed by atoms with Crippen molar-refractivity contribution in [2.45, 2.75) is 19.3 Å². The molecule has 0 aromatic heterocycles. The molecular weight excluding hydrogens is 112 g/mol. The van der Waals surface area contributed by atoms with Gasteiger partial charge in [0.1, 0.15) is 5.78 Å². The van der Waals surface area contributed by atoms with Gasteiger partial charge in [-0.3, -0.25) is 4.79 Å². The maximum atomic E-state index is 11.1. The first-order valence-electron chi connectivity index (χ1n) is 3.90. The summed E-state index contributed by atoms with van der Waals surface area (Å²) in [6.45, 7) is 0. The molecule has 3 aliphatic carbocycles. The SMILES string of the molecule is O=C1C[C@@H]2C3C1CC[C@H]32. The Balaban J connectivity index is 2.04. The number of carbonyl (C=O) groups is 1. The number of rotatable bonds is 0. The Kier molecular flexibility index (Phi) is 0.544. The van der Waals surface area contributed by atoms with E-state index >= 15 is 0 Å². The highest BCUT2D eigenvalue weighted by Gasteiger charge is 2.64. The third kappa shape index (κ3) is 0.347. The summed E-state index contributed by atoms with van der Waals surface area (Å²) in [6, 6.07) is 0. The van der Waals surface area contributed by atoms with Gasteiger partial charge < -0.3 is 0 Å². The summed E-state index contributed by atoms with van der Waals surface area (Å²) in [5.41, 5.74) is 0. The average Bonchev–Trinajstić information content (AvgIpc) is 2.30. The monoisotopic (exact) mass is 122 g/mol. The van der Waals surface area contributed by atoms with Crippen LogP contribution in [0.5, 0.6) is 0 Å². The Bertz CT molecular complexity index is 185. The van der Waals surface area contributed by atoms with Gasteiger partial charge in [-0.2, -0.15) is 0 Å². The van der Waals surface area contributed by atoms with Gasteiger partial charge in [-0.15, -0.1) is 0 Å². The quantitative estimate of drug-likeness (QED) is 0.472.